The summed E-state index contributed by atoms with van der Waals surface area (Å²) in [5.41, 5.74) is 2.44. The first kappa shape index (κ1) is 15.9. The van der Waals surface area contributed by atoms with Crippen molar-refractivity contribution in [2.75, 3.05) is 5.32 Å². The van der Waals surface area contributed by atoms with E-state index in [1.54, 1.807) is 30.3 Å². The van der Waals surface area contributed by atoms with Gasteiger partial charge >= 0.3 is 5.97 Å². The smallest absolute Gasteiger partial charge is 0.326 e. The number of hydrogen-bond acceptors (Lipinski definition) is 3. The van der Waals surface area contributed by atoms with Crippen LogP contribution in [-0.2, 0) is 4.79 Å². The lowest BCUT2D eigenvalue weighted by Gasteiger charge is -2.35. The van der Waals surface area contributed by atoms with E-state index in [9.17, 15) is 14.7 Å². The summed E-state index contributed by atoms with van der Waals surface area (Å²) in [6.45, 7) is 0. The van der Waals surface area contributed by atoms with Crippen molar-refractivity contribution in [3.8, 4) is 0 Å². The van der Waals surface area contributed by atoms with Crippen LogP contribution in [0.5, 0.6) is 0 Å². The SMILES string of the molecule is O=C(c1ccccc1)c1cc(Cl)cc2c1NC(C(=O)O)C1CC=CC21. The lowest BCUT2D eigenvalue weighted by Crippen LogP contribution is -2.42. The average Bonchev–Trinajstić information content (AvgIpc) is 3.10. The van der Waals surface area contributed by atoms with Crippen molar-refractivity contribution in [2.24, 2.45) is 5.92 Å². The topological polar surface area (TPSA) is 66.4 Å². The molecule has 2 aromatic rings. The average molecular weight is 354 g/mol. The van der Waals surface area contributed by atoms with Crippen LogP contribution < -0.4 is 5.32 Å². The molecule has 1 aliphatic carbocycles. The van der Waals surface area contributed by atoms with Crippen molar-refractivity contribution in [1.29, 1.82) is 0 Å². The normalized spacial score (nSPS) is 23.5. The lowest BCUT2D eigenvalue weighted by atomic mass is 9.78. The highest BCUT2D eigenvalue weighted by atomic mass is 35.5. The maximum atomic E-state index is 13.0. The largest absolute Gasteiger partial charge is 0.480 e. The van der Waals surface area contributed by atoms with Crippen LogP contribution in [0, 0.1) is 5.92 Å². The first-order valence-corrected chi connectivity index (χ1v) is 8.53. The number of hydrogen-bond donors (Lipinski definition) is 2. The van der Waals surface area contributed by atoms with Gasteiger partial charge in [-0.05, 0) is 24.1 Å². The van der Waals surface area contributed by atoms with Crippen LogP contribution in [-0.4, -0.2) is 22.9 Å². The van der Waals surface area contributed by atoms with Gasteiger partial charge < -0.3 is 10.4 Å². The third-order valence-corrected chi connectivity index (χ3v) is 5.20. The van der Waals surface area contributed by atoms with E-state index >= 15 is 0 Å². The molecule has 0 bridgehead atoms. The number of carboxylic acids is 1. The van der Waals surface area contributed by atoms with Crippen molar-refractivity contribution >= 4 is 29.0 Å². The van der Waals surface area contributed by atoms with Gasteiger partial charge in [0.1, 0.15) is 6.04 Å². The number of nitrogens with one attached hydrogen (secondary N) is 1. The summed E-state index contributed by atoms with van der Waals surface area (Å²) in [6, 6.07) is 11.6. The number of carboxylic acid groups (broad SMARTS) is 1. The number of ketones is 1. The van der Waals surface area contributed by atoms with Crippen LogP contribution in [0.1, 0.15) is 33.8 Å². The van der Waals surface area contributed by atoms with E-state index in [2.05, 4.69) is 5.32 Å². The van der Waals surface area contributed by atoms with Gasteiger partial charge in [0.15, 0.2) is 5.78 Å². The molecule has 0 amide bonds. The van der Waals surface area contributed by atoms with Gasteiger partial charge in [-0.3, -0.25) is 4.79 Å². The Morgan fingerprint density at radius 2 is 1.92 bits per heavy atom. The molecule has 0 radical (unpaired) electrons. The Labute approximate surface area is 150 Å². The number of anilines is 1. The zero-order chi connectivity index (χ0) is 17.6. The van der Waals surface area contributed by atoms with E-state index in [0.29, 0.717) is 28.3 Å². The number of halogens is 1. The van der Waals surface area contributed by atoms with Gasteiger partial charge in [-0.15, -0.1) is 0 Å². The van der Waals surface area contributed by atoms with Crippen molar-refractivity contribution in [1.82, 2.24) is 0 Å². The fraction of sp³-hybridized carbons (Fsp3) is 0.200. The molecule has 5 heteroatoms. The summed E-state index contributed by atoms with van der Waals surface area (Å²) in [6.07, 6.45) is 4.72. The molecule has 4 nitrogen and oxygen atoms in total. The quantitative estimate of drug-likeness (QED) is 0.643. The Bertz CT molecular complexity index is 891. The number of carbonyl (C=O) groups is 2. The van der Waals surface area contributed by atoms with Crippen molar-refractivity contribution in [3.63, 3.8) is 0 Å². The Morgan fingerprint density at radius 3 is 2.64 bits per heavy atom. The predicted octanol–water partition coefficient (Wildman–Crippen LogP) is 4.11. The third-order valence-electron chi connectivity index (χ3n) is 4.98. The van der Waals surface area contributed by atoms with Gasteiger partial charge in [0.05, 0.1) is 0 Å². The second-order valence-electron chi connectivity index (χ2n) is 6.43. The van der Waals surface area contributed by atoms with E-state index in [4.69, 9.17) is 11.6 Å². The lowest BCUT2D eigenvalue weighted by molar-refractivity contribution is -0.139. The Kier molecular flexibility index (Phi) is 3.85. The third kappa shape index (κ3) is 2.63. The molecule has 0 aromatic heterocycles. The van der Waals surface area contributed by atoms with Crippen LogP contribution in [0.4, 0.5) is 5.69 Å². The Hall–Kier alpha value is -2.59. The zero-order valence-electron chi connectivity index (χ0n) is 13.3. The molecule has 25 heavy (non-hydrogen) atoms. The number of fused-ring (bicyclic) bond motifs is 3. The predicted molar refractivity (Wildman–Crippen MR) is 96.4 cm³/mol. The molecule has 4 rings (SSSR count). The van der Waals surface area contributed by atoms with Crippen LogP contribution in [0.3, 0.4) is 0 Å². The molecule has 3 unspecified atom stereocenters. The first-order chi connectivity index (χ1) is 12.1. The van der Waals surface area contributed by atoms with Crippen molar-refractivity contribution in [2.45, 2.75) is 18.4 Å². The molecule has 0 spiro atoms. The minimum Gasteiger partial charge on any atom is -0.480 e. The number of benzene rings is 2. The highest BCUT2D eigenvalue weighted by molar-refractivity contribution is 6.31. The molecule has 1 aliphatic heterocycles. The number of carbonyl (C=O) groups excluding carboxylic acids is 1. The second kappa shape index (κ2) is 6.05. The van der Waals surface area contributed by atoms with Gasteiger partial charge in [0, 0.05) is 33.7 Å². The minimum atomic E-state index is -0.905. The summed E-state index contributed by atoms with van der Waals surface area (Å²) in [7, 11) is 0. The van der Waals surface area contributed by atoms with Gasteiger partial charge in [-0.1, -0.05) is 54.1 Å². The maximum absolute atomic E-state index is 13.0. The van der Waals surface area contributed by atoms with Crippen LogP contribution >= 0.6 is 11.6 Å². The molecular weight excluding hydrogens is 338 g/mol. The van der Waals surface area contributed by atoms with E-state index in [0.717, 1.165) is 5.56 Å². The van der Waals surface area contributed by atoms with Crippen LogP contribution in [0.2, 0.25) is 5.02 Å². The van der Waals surface area contributed by atoms with E-state index in [-0.39, 0.29) is 17.6 Å². The zero-order valence-corrected chi connectivity index (χ0v) is 14.0. The van der Waals surface area contributed by atoms with Gasteiger partial charge in [-0.25, -0.2) is 4.79 Å². The van der Waals surface area contributed by atoms with E-state index < -0.39 is 12.0 Å². The Morgan fingerprint density at radius 1 is 1.16 bits per heavy atom. The molecule has 0 fully saturated rings. The molecule has 2 aliphatic rings. The van der Waals surface area contributed by atoms with Gasteiger partial charge in [0.2, 0.25) is 0 Å². The number of aliphatic carboxylic acids is 1. The molecule has 3 atom stereocenters. The van der Waals surface area contributed by atoms with Crippen molar-refractivity contribution < 1.29 is 14.7 Å². The summed E-state index contributed by atoms with van der Waals surface area (Å²) in [4.78, 5) is 24.7. The minimum absolute atomic E-state index is 0.0432. The summed E-state index contributed by atoms with van der Waals surface area (Å²) >= 11 is 6.28. The fourth-order valence-corrected chi connectivity index (χ4v) is 4.06. The maximum Gasteiger partial charge on any atom is 0.326 e. The van der Waals surface area contributed by atoms with Crippen LogP contribution in [0.25, 0.3) is 0 Å². The second-order valence-corrected chi connectivity index (χ2v) is 6.86. The van der Waals surface area contributed by atoms with Crippen molar-refractivity contribution in [3.05, 3.63) is 76.3 Å². The molecule has 126 valence electrons. The highest BCUT2D eigenvalue weighted by Crippen LogP contribution is 2.47. The van der Waals surface area contributed by atoms with E-state index in [1.165, 1.54) is 0 Å². The molecular formula is C20H16ClNO3. The highest BCUT2D eigenvalue weighted by Gasteiger charge is 2.42. The number of rotatable bonds is 3. The number of allylic oxidation sites excluding steroid dienone is 2. The monoisotopic (exact) mass is 353 g/mol. The van der Waals surface area contributed by atoms with Gasteiger partial charge in [-0.2, -0.15) is 0 Å². The standard InChI is InChI=1S/C20H16ClNO3/c21-12-9-15-13-7-4-8-14(13)18(20(24)25)22-17(15)16(10-12)19(23)11-5-2-1-3-6-11/h1-7,9-10,13-14,18,22H,8H2,(H,24,25). The first-order valence-electron chi connectivity index (χ1n) is 8.15. The van der Waals surface area contributed by atoms with Crippen LogP contribution in [0.15, 0.2) is 54.6 Å². The summed E-state index contributed by atoms with van der Waals surface area (Å²) in [5, 5.41) is 13.2. The summed E-state index contributed by atoms with van der Waals surface area (Å²) in [5.74, 6) is -1.18. The molecule has 0 saturated heterocycles. The molecule has 2 aromatic carbocycles. The summed E-state index contributed by atoms with van der Waals surface area (Å²) < 4.78 is 0. The Balaban J connectivity index is 1.87. The molecule has 2 N–H and O–H groups in total. The fourth-order valence-electron chi connectivity index (χ4n) is 3.83. The van der Waals surface area contributed by atoms with E-state index in [1.807, 2.05) is 24.3 Å². The molecule has 0 saturated carbocycles. The van der Waals surface area contributed by atoms with Gasteiger partial charge in [0.25, 0.3) is 0 Å². The molecule has 1 heterocycles.